The van der Waals surface area contributed by atoms with E-state index < -0.39 is 17.9 Å². The number of aryl methyl sites for hydroxylation is 1. The Morgan fingerprint density at radius 3 is 2.63 bits per heavy atom. The lowest BCUT2D eigenvalue weighted by Gasteiger charge is -2.23. The van der Waals surface area contributed by atoms with Gasteiger partial charge >= 0.3 is 5.97 Å². The second-order valence-corrected chi connectivity index (χ2v) is 9.62. The number of fused-ring (bicyclic) bond motifs is 2. The van der Waals surface area contributed by atoms with Crippen molar-refractivity contribution in [2.75, 3.05) is 25.2 Å². The van der Waals surface area contributed by atoms with Crippen molar-refractivity contribution in [2.45, 2.75) is 33.2 Å². The van der Waals surface area contributed by atoms with Crippen LogP contribution in [0, 0.1) is 6.92 Å². The van der Waals surface area contributed by atoms with E-state index in [1.807, 2.05) is 13.8 Å². The molecule has 5 rings (SSSR count). The number of hydrogen-bond donors (Lipinski definition) is 0. The number of methoxy groups -OCH3 is 1. The van der Waals surface area contributed by atoms with Crippen molar-refractivity contribution in [1.29, 1.82) is 0 Å². The quantitative estimate of drug-likeness (QED) is 0.281. The molecule has 1 aliphatic rings. The van der Waals surface area contributed by atoms with E-state index in [9.17, 15) is 14.4 Å². The molecule has 0 saturated heterocycles. The van der Waals surface area contributed by atoms with Crippen LogP contribution in [0.3, 0.4) is 0 Å². The molecule has 10 heteroatoms. The van der Waals surface area contributed by atoms with Gasteiger partial charge in [0.1, 0.15) is 10.5 Å². The molecule has 1 atom stereocenters. The number of anilines is 1. The van der Waals surface area contributed by atoms with Gasteiger partial charge in [0.25, 0.3) is 5.91 Å². The molecule has 2 aromatic heterocycles. The summed E-state index contributed by atoms with van der Waals surface area (Å²) < 4.78 is 22.6. The Labute approximate surface area is 222 Å². The number of para-hydroxylation sites is 1. The van der Waals surface area contributed by atoms with Gasteiger partial charge in [0.2, 0.25) is 5.76 Å². The van der Waals surface area contributed by atoms with Crippen LogP contribution in [0.2, 0.25) is 0 Å². The Kier molecular flexibility index (Phi) is 6.90. The van der Waals surface area contributed by atoms with E-state index in [4.69, 9.17) is 18.6 Å². The molecular formula is C28H26N2O7S. The topological polar surface area (TPSA) is 108 Å². The van der Waals surface area contributed by atoms with Gasteiger partial charge in [-0.05, 0) is 50.1 Å². The number of esters is 1. The van der Waals surface area contributed by atoms with Gasteiger partial charge in [-0.1, -0.05) is 36.5 Å². The van der Waals surface area contributed by atoms with Gasteiger partial charge in [0, 0.05) is 0 Å². The van der Waals surface area contributed by atoms with E-state index in [-0.39, 0.29) is 26.8 Å². The Morgan fingerprint density at radius 2 is 1.89 bits per heavy atom. The normalized spacial score (nSPS) is 14.6. The second-order valence-electron chi connectivity index (χ2n) is 8.64. The highest BCUT2D eigenvalue weighted by atomic mass is 32.1. The number of amides is 1. The smallest absolute Gasteiger partial charge is 0.350 e. The lowest BCUT2D eigenvalue weighted by atomic mass is 9.98. The van der Waals surface area contributed by atoms with Gasteiger partial charge in [-0.25, -0.2) is 9.78 Å². The van der Waals surface area contributed by atoms with E-state index in [0.29, 0.717) is 46.9 Å². The Balaban J connectivity index is 1.74. The van der Waals surface area contributed by atoms with Gasteiger partial charge in [0.15, 0.2) is 22.1 Å². The molecule has 0 saturated carbocycles. The molecule has 1 unspecified atom stereocenters. The summed E-state index contributed by atoms with van der Waals surface area (Å²) in [5.74, 6) is -0.0760. The van der Waals surface area contributed by atoms with Crippen LogP contribution < -0.4 is 19.8 Å². The molecule has 9 nitrogen and oxygen atoms in total. The number of nitrogens with zero attached hydrogens (tertiary/aromatic N) is 2. The van der Waals surface area contributed by atoms with Gasteiger partial charge in [-0.3, -0.25) is 14.5 Å². The highest BCUT2D eigenvalue weighted by Crippen LogP contribution is 2.44. The molecule has 3 heterocycles. The first-order chi connectivity index (χ1) is 18.4. The van der Waals surface area contributed by atoms with Crippen LogP contribution in [0.1, 0.15) is 63.4 Å². The van der Waals surface area contributed by atoms with Crippen molar-refractivity contribution in [3.05, 3.63) is 80.1 Å². The largest absolute Gasteiger partial charge is 0.490 e. The number of ether oxygens (including phenoxy) is 3. The summed E-state index contributed by atoms with van der Waals surface area (Å²) in [7, 11) is 1.28. The van der Waals surface area contributed by atoms with Crippen molar-refractivity contribution in [3.63, 3.8) is 0 Å². The number of carbonyl (C=O) groups excluding carboxylic acids is 2. The molecule has 0 spiro atoms. The van der Waals surface area contributed by atoms with E-state index in [1.54, 1.807) is 49.4 Å². The van der Waals surface area contributed by atoms with Crippen LogP contribution in [0.5, 0.6) is 11.5 Å². The third-order valence-electron chi connectivity index (χ3n) is 6.18. The maximum Gasteiger partial charge on any atom is 0.350 e. The maximum absolute atomic E-state index is 13.8. The van der Waals surface area contributed by atoms with Gasteiger partial charge in [-0.15, -0.1) is 0 Å². The number of carbonyl (C=O) groups is 2. The minimum absolute atomic E-state index is 0.0598. The molecule has 0 aliphatic carbocycles. The third-order valence-corrected chi connectivity index (χ3v) is 7.32. The molecular weight excluding hydrogens is 508 g/mol. The van der Waals surface area contributed by atoms with E-state index in [2.05, 4.69) is 4.98 Å². The molecule has 0 N–H and O–H groups in total. The number of thiazole rings is 1. The zero-order valence-electron chi connectivity index (χ0n) is 21.4. The molecule has 38 heavy (non-hydrogen) atoms. The highest BCUT2D eigenvalue weighted by Gasteiger charge is 2.45. The summed E-state index contributed by atoms with van der Waals surface area (Å²) >= 11 is 1.02. The zero-order valence-corrected chi connectivity index (χ0v) is 22.2. The first-order valence-electron chi connectivity index (χ1n) is 12.2. The minimum atomic E-state index is -0.867. The zero-order chi connectivity index (χ0) is 27.0. The Hall–Kier alpha value is -4.18. The minimum Gasteiger partial charge on any atom is -0.490 e. The maximum atomic E-state index is 13.8. The Bertz CT molecular complexity index is 1610. The van der Waals surface area contributed by atoms with E-state index >= 15 is 0 Å². The van der Waals surface area contributed by atoms with Crippen LogP contribution in [-0.2, 0) is 4.74 Å². The number of rotatable bonds is 8. The molecule has 0 fully saturated rings. The third kappa shape index (κ3) is 4.20. The van der Waals surface area contributed by atoms with Crippen molar-refractivity contribution in [2.24, 2.45) is 0 Å². The highest BCUT2D eigenvalue weighted by molar-refractivity contribution is 7.17. The summed E-state index contributed by atoms with van der Waals surface area (Å²) in [6.07, 6.45) is 0.825. The van der Waals surface area contributed by atoms with E-state index in [0.717, 1.165) is 17.8 Å². The molecule has 4 aromatic rings. The lowest BCUT2D eigenvalue weighted by molar-refractivity contribution is 0.0605. The fraction of sp³-hybridized carbons (Fsp3) is 0.286. The fourth-order valence-corrected chi connectivity index (χ4v) is 5.51. The monoisotopic (exact) mass is 534 g/mol. The van der Waals surface area contributed by atoms with Crippen LogP contribution >= 0.6 is 11.3 Å². The molecule has 196 valence electrons. The Morgan fingerprint density at radius 1 is 1.11 bits per heavy atom. The molecule has 1 aliphatic heterocycles. The van der Waals surface area contributed by atoms with Crippen LogP contribution in [0.25, 0.3) is 11.0 Å². The lowest BCUT2D eigenvalue weighted by Crippen LogP contribution is -2.29. The van der Waals surface area contributed by atoms with Gasteiger partial charge in [-0.2, -0.15) is 0 Å². The van der Waals surface area contributed by atoms with Crippen molar-refractivity contribution in [3.8, 4) is 11.5 Å². The number of aromatic nitrogens is 1. The van der Waals surface area contributed by atoms with Crippen LogP contribution in [0.15, 0.2) is 51.7 Å². The van der Waals surface area contributed by atoms with Gasteiger partial charge in [0.05, 0.1) is 43.0 Å². The average Bonchev–Trinajstić information content (AvgIpc) is 3.45. The average molecular weight is 535 g/mol. The fourth-order valence-electron chi connectivity index (χ4n) is 4.49. The predicted molar refractivity (Wildman–Crippen MR) is 143 cm³/mol. The SMILES string of the molecule is CCCOc1ccc(C2c3c(oc4ccccc4c3=O)C(=O)N2c2nc(C)c(C(=O)OC)s2)cc1OCC. The molecule has 0 bridgehead atoms. The van der Waals surface area contributed by atoms with Crippen LogP contribution in [-0.4, -0.2) is 37.2 Å². The van der Waals surface area contributed by atoms with Gasteiger partial charge < -0.3 is 18.6 Å². The van der Waals surface area contributed by atoms with Crippen LogP contribution in [0.4, 0.5) is 5.13 Å². The summed E-state index contributed by atoms with van der Waals surface area (Å²) in [5, 5.41) is 0.612. The summed E-state index contributed by atoms with van der Waals surface area (Å²) in [5.41, 5.74) is 1.23. The first-order valence-corrected chi connectivity index (χ1v) is 13.1. The number of hydrogen-bond acceptors (Lipinski definition) is 9. The molecule has 2 aromatic carbocycles. The van der Waals surface area contributed by atoms with E-state index in [1.165, 1.54) is 12.0 Å². The number of benzene rings is 2. The molecule has 1 amide bonds. The van der Waals surface area contributed by atoms with Crippen molar-refractivity contribution >= 4 is 39.3 Å². The summed E-state index contributed by atoms with van der Waals surface area (Å²) in [6.45, 7) is 6.46. The van der Waals surface area contributed by atoms with Crippen molar-refractivity contribution in [1.82, 2.24) is 4.98 Å². The standard InChI is InChI=1S/C28H26N2O7S/c1-5-13-36-19-12-11-16(14-20(19)35-6-2)22-21-23(31)17-9-7-8-10-18(17)37-24(21)26(32)30(22)28-29-15(3)25(38-28)27(33)34-4/h7-12,14,22H,5-6,13H2,1-4H3. The molecule has 0 radical (unpaired) electrons. The first kappa shape index (κ1) is 25.5. The van der Waals surface area contributed by atoms with Crippen molar-refractivity contribution < 1.29 is 28.2 Å². The predicted octanol–water partition coefficient (Wildman–Crippen LogP) is 5.28. The summed E-state index contributed by atoms with van der Waals surface area (Å²) in [6, 6.07) is 11.3. The second kappa shape index (κ2) is 10.3. The summed E-state index contributed by atoms with van der Waals surface area (Å²) in [4.78, 5) is 46.1.